The number of hydrogen-bond donors (Lipinski definition) is 1. The van der Waals surface area contributed by atoms with Gasteiger partial charge in [0.25, 0.3) is 0 Å². The fraction of sp³-hybridized carbons (Fsp3) is 1.00. The first-order valence-electron chi connectivity index (χ1n) is 5.96. The standard InChI is InChI=1S/C12H25NS/c1-5-9(2)10(3)13-11-6-7-12(8-11)14-4/h9-13H,5-8H2,1-4H3. The molecular weight excluding hydrogens is 190 g/mol. The molecule has 0 heterocycles. The summed E-state index contributed by atoms with van der Waals surface area (Å²) < 4.78 is 0. The SMILES string of the molecule is CCC(C)C(C)NC1CCC(SC)C1. The van der Waals surface area contributed by atoms with Crippen LogP contribution in [0.4, 0.5) is 0 Å². The van der Waals surface area contributed by atoms with E-state index in [9.17, 15) is 0 Å². The highest BCUT2D eigenvalue weighted by Crippen LogP contribution is 2.28. The Bertz CT molecular complexity index is 160. The van der Waals surface area contributed by atoms with E-state index in [1.165, 1.54) is 25.7 Å². The van der Waals surface area contributed by atoms with Crippen LogP contribution in [-0.4, -0.2) is 23.6 Å². The van der Waals surface area contributed by atoms with Crippen LogP contribution in [0.2, 0.25) is 0 Å². The predicted octanol–water partition coefficient (Wildman–Crippen LogP) is 3.29. The number of rotatable bonds is 5. The topological polar surface area (TPSA) is 12.0 Å². The van der Waals surface area contributed by atoms with Crippen LogP contribution in [-0.2, 0) is 0 Å². The molecule has 4 atom stereocenters. The molecule has 1 aliphatic carbocycles. The highest BCUT2D eigenvalue weighted by molar-refractivity contribution is 7.99. The number of hydrogen-bond acceptors (Lipinski definition) is 2. The van der Waals surface area contributed by atoms with Gasteiger partial charge in [-0.25, -0.2) is 0 Å². The molecule has 4 unspecified atom stereocenters. The maximum Gasteiger partial charge on any atom is 0.00805 e. The van der Waals surface area contributed by atoms with Crippen LogP contribution in [0, 0.1) is 5.92 Å². The zero-order valence-electron chi connectivity index (χ0n) is 10.0. The van der Waals surface area contributed by atoms with Gasteiger partial charge in [0.05, 0.1) is 0 Å². The largest absolute Gasteiger partial charge is 0.311 e. The van der Waals surface area contributed by atoms with E-state index < -0.39 is 0 Å². The third-order valence-electron chi connectivity index (χ3n) is 3.71. The average Bonchev–Trinajstić information content (AvgIpc) is 2.64. The van der Waals surface area contributed by atoms with Crippen molar-refractivity contribution in [3.63, 3.8) is 0 Å². The summed E-state index contributed by atoms with van der Waals surface area (Å²) in [6, 6.07) is 1.47. The van der Waals surface area contributed by atoms with Crippen molar-refractivity contribution in [3.05, 3.63) is 0 Å². The van der Waals surface area contributed by atoms with Crippen LogP contribution in [0.25, 0.3) is 0 Å². The third kappa shape index (κ3) is 3.47. The Labute approximate surface area is 93.4 Å². The van der Waals surface area contributed by atoms with Crippen molar-refractivity contribution in [3.8, 4) is 0 Å². The molecule has 14 heavy (non-hydrogen) atoms. The molecule has 1 N–H and O–H groups in total. The molecule has 1 rings (SSSR count). The van der Waals surface area contributed by atoms with Gasteiger partial charge in [0, 0.05) is 17.3 Å². The first-order valence-corrected chi connectivity index (χ1v) is 7.25. The molecule has 2 heteroatoms. The van der Waals surface area contributed by atoms with E-state index in [0.29, 0.717) is 6.04 Å². The highest BCUT2D eigenvalue weighted by Gasteiger charge is 2.25. The molecule has 0 aliphatic heterocycles. The van der Waals surface area contributed by atoms with Crippen molar-refractivity contribution in [1.82, 2.24) is 5.32 Å². The Hall–Kier alpha value is 0.310. The van der Waals surface area contributed by atoms with Gasteiger partial charge in [0.2, 0.25) is 0 Å². The van der Waals surface area contributed by atoms with Gasteiger partial charge in [-0.2, -0.15) is 11.8 Å². The average molecular weight is 215 g/mol. The Morgan fingerprint density at radius 1 is 1.36 bits per heavy atom. The van der Waals surface area contributed by atoms with Crippen LogP contribution in [0.15, 0.2) is 0 Å². The molecule has 0 spiro atoms. The molecule has 1 nitrogen and oxygen atoms in total. The molecule has 1 saturated carbocycles. The molecule has 0 bridgehead atoms. The first kappa shape index (κ1) is 12.4. The van der Waals surface area contributed by atoms with Gasteiger partial charge < -0.3 is 5.32 Å². The molecular formula is C12H25NS. The van der Waals surface area contributed by atoms with E-state index in [0.717, 1.165) is 17.2 Å². The second kappa shape index (κ2) is 6.02. The van der Waals surface area contributed by atoms with Crippen LogP contribution >= 0.6 is 11.8 Å². The monoisotopic (exact) mass is 215 g/mol. The van der Waals surface area contributed by atoms with Crippen molar-refractivity contribution >= 4 is 11.8 Å². The van der Waals surface area contributed by atoms with E-state index >= 15 is 0 Å². The minimum atomic E-state index is 0.686. The Morgan fingerprint density at radius 2 is 2.07 bits per heavy atom. The molecule has 0 saturated heterocycles. The second-order valence-corrected chi connectivity index (χ2v) is 5.85. The summed E-state index contributed by atoms with van der Waals surface area (Å²) in [5, 5.41) is 4.69. The smallest absolute Gasteiger partial charge is 0.00805 e. The summed E-state index contributed by atoms with van der Waals surface area (Å²) in [4.78, 5) is 0. The lowest BCUT2D eigenvalue weighted by Gasteiger charge is -2.24. The van der Waals surface area contributed by atoms with Crippen molar-refractivity contribution in [1.29, 1.82) is 0 Å². The van der Waals surface area contributed by atoms with Crippen LogP contribution in [0.1, 0.15) is 46.5 Å². The lowest BCUT2D eigenvalue weighted by molar-refractivity contribution is 0.349. The summed E-state index contributed by atoms with van der Waals surface area (Å²) in [6.07, 6.45) is 7.69. The van der Waals surface area contributed by atoms with Gasteiger partial charge >= 0.3 is 0 Å². The molecule has 84 valence electrons. The zero-order valence-corrected chi connectivity index (χ0v) is 10.9. The van der Waals surface area contributed by atoms with E-state index in [1.807, 2.05) is 11.8 Å². The quantitative estimate of drug-likeness (QED) is 0.755. The minimum Gasteiger partial charge on any atom is -0.311 e. The van der Waals surface area contributed by atoms with Gasteiger partial charge in [-0.05, 0) is 38.4 Å². The number of thioether (sulfide) groups is 1. The molecule has 0 aromatic rings. The van der Waals surface area contributed by atoms with Crippen molar-refractivity contribution in [2.75, 3.05) is 6.26 Å². The third-order valence-corrected chi connectivity index (χ3v) is 4.81. The van der Waals surface area contributed by atoms with Crippen molar-refractivity contribution in [2.24, 2.45) is 5.92 Å². The van der Waals surface area contributed by atoms with Gasteiger partial charge in [-0.3, -0.25) is 0 Å². The normalized spacial score (nSPS) is 31.7. The maximum atomic E-state index is 3.78. The molecule has 1 aliphatic rings. The van der Waals surface area contributed by atoms with Gasteiger partial charge in [0.15, 0.2) is 0 Å². The Morgan fingerprint density at radius 3 is 2.57 bits per heavy atom. The predicted molar refractivity (Wildman–Crippen MR) is 67.0 cm³/mol. The van der Waals surface area contributed by atoms with Gasteiger partial charge in [-0.15, -0.1) is 0 Å². The maximum absolute atomic E-state index is 3.78. The lowest BCUT2D eigenvalue weighted by atomic mass is 10.00. The summed E-state index contributed by atoms with van der Waals surface area (Å²) in [5.41, 5.74) is 0. The van der Waals surface area contributed by atoms with E-state index in [2.05, 4.69) is 32.3 Å². The molecule has 0 aromatic heterocycles. The first-order chi connectivity index (χ1) is 6.67. The van der Waals surface area contributed by atoms with Crippen LogP contribution in [0.3, 0.4) is 0 Å². The van der Waals surface area contributed by atoms with E-state index in [4.69, 9.17) is 0 Å². The Kier molecular flexibility index (Phi) is 5.32. The van der Waals surface area contributed by atoms with E-state index in [1.54, 1.807) is 0 Å². The van der Waals surface area contributed by atoms with Crippen LogP contribution in [0.5, 0.6) is 0 Å². The Balaban J connectivity index is 2.24. The van der Waals surface area contributed by atoms with E-state index in [-0.39, 0.29) is 0 Å². The second-order valence-electron chi connectivity index (χ2n) is 4.71. The highest BCUT2D eigenvalue weighted by atomic mass is 32.2. The summed E-state index contributed by atoms with van der Waals surface area (Å²) in [6.45, 7) is 6.96. The summed E-state index contributed by atoms with van der Waals surface area (Å²) in [5.74, 6) is 0.809. The summed E-state index contributed by atoms with van der Waals surface area (Å²) >= 11 is 2.04. The summed E-state index contributed by atoms with van der Waals surface area (Å²) in [7, 11) is 0. The van der Waals surface area contributed by atoms with Gasteiger partial charge in [-0.1, -0.05) is 20.3 Å². The van der Waals surface area contributed by atoms with Gasteiger partial charge in [0.1, 0.15) is 0 Å². The molecule has 1 fully saturated rings. The zero-order chi connectivity index (χ0) is 10.6. The molecule has 0 aromatic carbocycles. The molecule has 0 amide bonds. The van der Waals surface area contributed by atoms with Crippen LogP contribution < -0.4 is 5.32 Å². The lowest BCUT2D eigenvalue weighted by Crippen LogP contribution is -2.38. The fourth-order valence-electron chi connectivity index (χ4n) is 2.20. The van der Waals surface area contributed by atoms with Crippen molar-refractivity contribution < 1.29 is 0 Å². The minimum absolute atomic E-state index is 0.686. The van der Waals surface area contributed by atoms with Crippen molar-refractivity contribution in [2.45, 2.75) is 63.8 Å². The molecule has 0 radical (unpaired) electrons. The fourth-order valence-corrected chi connectivity index (χ4v) is 2.99. The number of nitrogens with one attached hydrogen (secondary N) is 1.